The second kappa shape index (κ2) is 5.75. The van der Waals surface area contributed by atoms with Crippen LogP contribution < -0.4 is 4.90 Å². The van der Waals surface area contributed by atoms with E-state index in [0.29, 0.717) is 5.69 Å². The predicted octanol–water partition coefficient (Wildman–Crippen LogP) is 3.83. The van der Waals surface area contributed by atoms with Crippen molar-refractivity contribution in [2.45, 2.75) is 19.3 Å². The number of pyridine rings is 1. The van der Waals surface area contributed by atoms with E-state index in [1.54, 1.807) is 6.20 Å². The first-order chi connectivity index (χ1) is 9.77. The molecule has 2 heterocycles. The van der Waals surface area contributed by atoms with E-state index in [1.807, 2.05) is 35.2 Å². The maximum Gasteiger partial charge on any atom is 0.278 e. The lowest BCUT2D eigenvalue weighted by Crippen LogP contribution is -2.32. The third-order valence-electron chi connectivity index (χ3n) is 3.57. The Bertz CT molecular complexity index is 642. The quantitative estimate of drug-likeness (QED) is 0.796. The van der Waals surface area contributed by atoms with Gasteiger partial charge in [-0.25, -0.2) is 4.98 Å². The van der Waals surface area contributed by atoms with E-state index in [9.17, 15) is 4.79 Å². The number of carbonyl (C=O) groups excluding carboxylic acids is 1. The van der Waals surface area contributed by atoms with Gasteiger partial charge in [0.1, 0.15) is 5.69 Å². The van der Waals surface area contributed by atoms with Crippen LogP contribution in [-0.2, 0) is 6.42 Å². The van der Waals surface area contributed by atoms with Gasteiger partial charge < -0.3 is 4.90 Å². The van der Waals surface area contributed by atoms with Crippen LogP contribution in [0.1, 0.15) is 28.9 Å². The maximum atomic E-state index is 12.8. The van der Waals surface area contributed by atoms with Crippen molar-refractivity contribution in [2.24, 2.45) is 0 Å². The molecule has 3 nitrogen and oxygen atoms in total. The number of anilines is 1. The van der Waals surface area contributed by atoms with Gasteiger partial charge in [0, 0.05) is 22.9 Å². The third-order valence-corrected chi connectivity index (χ3v) is 4.21. The number of halogens is 1. The minimum atomic E-state index is -0.0353. The van der Waals surface area contributed by atoms with Crippen LogP contribution in [0, 0.1) is 0 Å². The van der Waals surface area contributed by atoms with Crippen molar-refractivity contribution >= 4 is 27.5 Å². The van der Waals surface area contributed by atoms with E-state index in [0.717, 1.165) is 36.0 Å². The zero-order chi connectivity index (χ0) is 13.9. The van der Waals surface area contributed by atoms with Crippen LogP contribution in [0.2, 0.25) is 0 Å². The van der Waals surface area contributed by atoms with Gasteiger partial charge in [-0.05, 0) is 59.0 Å². The Morgan fingerprint density at radius 1 is 1.15 bits per heavy atom. The molecule has 0 unspecified atom stereocenters. The van der Waals surface area contributed by atoms with Gasteiger partial charge in [0.2, 0.25) is 0 Å². The predicted molar refractivity (Wildman–Crippen MR) is 83.0 cm³/mol. The van der Waals surface area contributed by atoms with Gasteiger partial charge >= 0.3 is 0 Å². The molecule has 0 aliphatic carbocycles. The second-order valence-electron chi connectivity index (χ2n) is 4.88. The molecular weight excluding hydrogens is 316 g/mol. The molecule has 0 radical (unpaired) electrons. The highest BCUT2D eigenvalue weighted by atomic mass is 79.9. The fourth-order valence-electron chi connectivity index (χ4n) is 2.57. The van der Waals surface area contributed by atoms with Crippen LogP contribution in [0.3, 0.4) is 0 Å². The van der Waals surface area contributed by atoms with E-state index in [-0.39, 0.29) is 5.91 Å². The average Bonchev–Trinajstić information content (AvgIpc) is 2.69. The van der Waals surface area contributed by atoms with Crippen molar-refractivity contribution in [2.75, 3.05) is 11.4 Å². The number of para-hydroxylation sites is 1. The SMILES string of the molecule is O=C(c1ncccc1Br)N1CCCCc2ccccc21. The first-order valence-corrected chi connectivity index (χ1v) is 7.57. The Balaban J connectivity index is 2.02. The minimum Gasteiger partial charge on any atom is -0.307 e. The molecule has 4 heteroatoms. The maximum absolute atomic E-state index is 12.8. The Hall–Kier alpha value is -1.68. The molecule has 1 aromatic carbocycles. The summed E-state index contributed by atoms with van der Waals surface area (Å²) in [7, 11) is 0. The number of carbonyl (C=O) groups is 1. The van der Waals surface area contributed by atoms with E-state index < -0.39 is 0 Å². The number of hydrogen-bond donors (Lipinski definition) is 0. The van der Waals surface area contributed by atoms with Crippen molar-refractivity contribution in [3.8, 4) is 0 Å². The van der Waals surface area contributed by atoms with Gasteiger partial charge in [-0.15, -0.1) is 0 Å². The van der Waals surface area contributed by atoms with Crippen LogP contribution in [0.15, 0.2) is 47.1 Å². The smallest absolute Gasteiger partial charge is 0.278 e. The molecule has 3 rings (SSSR count). The first-order valence-electron chi connectivity index (χ1n) is 6.77. The normalized spacial score (nSPS) is 14.6. The molecule has 0 bridgehead atoms. The molecule has 0 spiro atoms. The number of rotatable bonds is 1. The molecule has 1 aliphatic heterocycles. The number of hydrogen-bond acceptors (Lipinski definition) is 2. The highest BCUT2D eigenvalue weighted by molar-refractivity contribution is 9.10. The van der Waals surface area contributed by atoms with Crippen LogP contribution in [0.4, 0.5) is 5.69 Å². The highest BCUT2D eigenvalue weighted by Gasteiger charge is 2.24. The Labute approximate surface area is 126 Å². The van der Waals surface area contributed by atoms with E-state index >= 15 is 0 Å². The summed E-state index contributed by atoms with van der Waals surface area (Å²) in [5.41, 5.74) is 2.74. The lowest BCUT2D eigenvalue weighted by molar-refractivity contribution is 0.0981. The Kier molecular flexibility index (Phi) is 3.83. The Morgan fingerprint density at radius 3 is 2.85 bits per heavy atom. The molecule has 0 fully saturated rings. The number of aryl methyl sites for hydroxylation is 1. The molecule has 20 heavy (non-hydrogen) atoms. The van der Waals surface area contributed by atoms with Crippen LogP contribution in [-0.4, -0.2) is 17.4 Å². The molecule has 0 saturated carbocycles. The lowest BCUT2D eigenvalue weighted by atomic mass is 10.1. The summed E-state index contributed by atoms with van der Waals surface area (Å²) < 4.78 is 0.742. The van der Waals surface area contributed by atoms with Gasteiger partial charge in [-0.3, -0.25) is 4.79 Å². The summed E-state index contributed by atoms with van der Waals surface area (Å²) in [6.07, 6.45) is 4.82. The summed E-state index contributed by atoms with van der Waals surface area (Å²) in [6.45, 7) is 0.749. The molecule has 1 amide bonds. The number of benzene rings is 1. The van der Waals surface area contributed by atoms with Crippen molar-refractivity contribution in [3.05, 3.63) is 58.3 Å². The second-order valence-corrected chi connectivity index (χ2v) is 5.73. The molecule has 1 aliphatic rings. The third kappa shape index (κ3) is 2.48. The van der Waals surface area contributed by atoms with Crippen molar-refractivity contribution in [1.82, 2.24) is 4.98 Å². The summed E-state index contributed by atoms with van der Waals surface area (Å²) in [5.74, 6) is -0.0353. The van der Waals surface area contributed by atoms with Crippen molar-refractivity contribution in [3.63, 3.8) is 0 Å². The molecule has 2 aromatic rings. The minimum absolute atomic E-state index is 0.0353. The molecule has 1 aromatic heterocycles. The van der Waals surface area contributed by atoms with E-state index in [1.165, 1.54) is 5.56 Å². The Morgan fingerprint density at radius 2 is 2.00 bits per heavy atom. The topological polar surface area (TPSA) is 33.2 Å². The summed E-state index contributed by atoms with van der Waals surface area (Å²) >= 11 is 3.41. The van der Waals surface area contributed by atoms with Crippen LogP contribution in [0.25, 0.3) is 0 Å². The lowest BCUT2D eigenvalue weighted by Gasteiger charge is -2.22. The van der Waals surface area contributed by atoms with Gasteiger partial charge in [0.25, 0.3) is 5.91 Å². The largest absolute Gasteiger partial charge is 0.307 e. The fraction of sp³-hybridized carbons (Fsp3) is 0.250. The monoisotopic (exact) mass is 330 g/mol. The van der Waals surface area contributed by atoms with Gasteiger partial charge in [-0.2, -0.15) is 0 Å². The number of fused-ring (bicyclic) bond motifs is 1. The van der Waals surface area contributed by atoms with Gasteiger partial charge in [-0.1, -0.05) is 18.2 Å². The average molecular weight is 331 g/mol. The van der Waals surface area contributed by atoms with Gasteiger partial charge in [0.05, 0.1) is 0 Å². The number of nitrogens with zero attached hydrogens (tertiary/aromatic N) is 2. The molecule has 0 N–H and O–H groups in total. The van der Waals surface area contributed by atoms with Crippen molar-refractivity contribution in [1.29, 1.82) is 0 Å². The summed E-state index contributed by atoms with van der Waals surface area (Å²) in [4.78, 5) is 18.8. The number of aromatic nitrogens is 1. The zero-order valence-electron chi connectivity index (χ0n) is 11.1. The molecule has 0 atom stereocenters. The van der Waals surface area contributed by atoms with E-state index in [4.69, 9.17) is 0 Å². The van der Waals surface area contributed by atoms with Crippen LogP contribution >= 0.6 is 15.9 Å². The van der Waals surface area contributed by atoms with E-state index in [2.05, 4.69) is 27.0 Å². The molecule has 102 valence electrons. The summed E-state index contributed by atoms with van der Waals surface area (Å²) in [5, 5.41) is 0. The first kappa shape index (κ1) is 13.3. The fourth-order valence-corrected chi connectivity index (χ4v) is 3.00. The standard InChI is InChI=1S/C16H15BrN2O/c17-13-8-5-10-18-15(13)16(20)19-11-4-3-7-12-6-1-2-9-14(12)19/h1-2,5-6,8-10H,3-4,7,11H2. The zero-order valence-corrected chi connectivity index (χ0v) is 12.6. The van der Waals surface area contributed by atoms with Crippen LogP contribution in [0.5, 0.6) is 0 Å². The van der Waals surface area contributed by atoms with Crippen molar-refractivity contribution < 1.29 is 4.79 Å². The summed E-state index contributed by atoms with van der Waals surface area (Å²) in [6, 6.07) is 11.8. The number of amides is 1. The molecular formula is C16H15BrN2O. The molecule has 0 saturated heterocycles. The van der Waals surface area contributed by atoms with Gasteiger partial charge in [0.15, 0.2) is 0 Å². The highest BCUT2D eigenvalue weighted by Crippen LogP contribution is 2.28.